The third-order valence-electron chi connectivity index (χ3n) is 5.88. The van der Waals surface area contributed by atoms with Crippen molar-refractivity contribution < 1.29 is 22.7 Å². The third-order valence-corrected chi connectivity index (χ3v) is 5.88. The summed E-state index contributed by atoms with van der Waals surface area (Å²) >= 11 is 0. The molecule has 3 heterocycles. The van der Waals surface area contributed by atoms with E-state index in [-0.39, 0.29) is 31.5 Å². The number of ether oxygens (including phenoxy) is 1. The highest BCUT2D eigenvalue weighted by Gasteiger charge is 2.38. The average molecular weight is 508 g/mol. The van der Waals surface area contributed by atoms with E-state index in [9.17, 15) is 22.8 Å². The number of halogens is 3. The highest BCUT2D eigenvalue weighted by atomic mass is 19.4. The van der Waals surface area contributed by atoms with Crippen LogP contribution in [0.3, 0.4) is 0 Å². The number of aromatic amines is 1. The van der Waals surface area contributed by atoms with Crippen LogP contribution >= 0.6 is 0 Å². The van der Waals surface area contributed by atoms with E-state index in [1.807, 2.05) is 24.8 Å². The lowest BCUT2D eigenvalue weighted by Crippen LogP contribution is -2.49. The van der Waals surface area contributed by atoms with Gasteiger partial charge in [0.1, 0.15) is 17.5 Å². The minimum Gasteiger partial charge on any atom is -0.379 e. The number of nitrogens with one attached hydrogen (secondary N) is 2. The molecule has 0 radical (unpaired) electrons. The molecule has 1 aliphatic heterocycles. The molecule has 2 N–H and O–H groups in total. The normalized spacial score (nSPS) is 15.0. The highest BCUT2D eigenvalue weighted by Crippen LogP contribution is 2.32. The minimum atomic E-state index is -4.84. The van der Waals surface area contributed by atoms with Gasteiger partial charge in [-0.15, -0.1) is 0 Å². The summed E-state index contributed by atoms with van der Waals surface area (Å²) < 4.78 is 45.5. The van der Waals surface area contributed by atoms with Crippen LogP contribution in [-0.2, 0) is 15.7 Å². The second kappa shape index (κ2) is 11.9. The Morgan fingerprint density at radius 2 is 1.97 bits per heavy atom. The molecule has 1 unspecified atom stereocenters. The number of H-pyrrole nitrogens is 1. The first-order valence-corrected chi connectivity index (χ1v) is 11.5. The molecule has 1 atom stereocenters. The van der Waals surface area contributed by atoms with Crippen molar-refractivity contribution in [3.63, 3.8) is 0 Å². The van der Waals surface area contributed by atoms with Crippen molar-refractivity contribution in [1.29, 1.82) is 5.26 Å². The van der Waals surface area contributed by atoms with Gasteiger partial charge in [-0.25, -0.2) is 10.1 Å². The predicted octanol–water partition coefficient (Wildman–Crippen LogP) is 2.25. The Morgan fingerprint density at radius 1 is 1.25 bits per heavy atom. The maximum atomic E-state index is 13.3. The molecule has 10 nitrogen and oxygen atoms in total. The van der Waals surface area contributed by atoms with Gasteiger partial charge in [-0.05, 0) is 18.1 Å². The molecule has 1 aliphatic rings. The summed E-state index contributed by atoms with van der Waals surface area (Å²) in [5.74, 6) is 0.556. The Morgan fingerprint density at radius 3 is 2.56 bits per heavy atom. The maximum absolute atomic E-state index is 13.3. The molecule has 2 aromatic rings. The number of alkyl halides is 3. The number of nitrogens with zero attached hydrogens (tertiary/aromatic N) is 5. The van der Waals surface area contributed by atoms with Crippen LogP contribution in [0.25, 0.3) is 0 Å². The molecular formula is C23H28F3N7O3. The minimum absolute atomic E-state index is 0.0488. The Balaban J connectivity index is 1.46. The maximum Gasteiger partial charge on any atom is 0.423 e. The number of rotatable bonds is 9. The van der Waals surface area contributed by atoms with Crippen molar-refractivity contribution in [2.45, 2.75) is 32.5 Å². The number of amides is 1. The number of nitriles is 1. The molecule has 194 valence electrons. The highest BCUT2D eigenvalue weighted by molar-refractivity contribution is 5.76. The van der Waals surface area contributed by atoms with Gasteiger partial charge < -0.3 is 19.9 Å². The molecule has 0 aliphatic carbocycles. The summed E-state index contributed by atoms with van der Waals surface area (Å²) in [6.45, 7) is 6.03. The topological polar surface area (TPSA) is 127 Å². The molecule has 3 rings (SSSR count). The van der Waals surface area contributed by atoms with E-state index < -0.39 is 29.0 Å². The van der Waals surface area contributed by atoms with Crippen LogP contribution in [0.2, 0.25) is 0 Å². The van der Waals surface area contributed by atoms with Crippen LogP contribution < -0.4 is 15.8 Å². The van der Waals surface area contributed by atoms with Gasteiger partial charge in [-0.2, -0.15) is 23.5 Å². The number of pyridine rings is 1. The van der Waals surface area contributed by atoms with E-state index in [2.05, 4.69) is 15.4 Å². The molecule has 0 saturated carbocycles. The predicted molar refractivity (Wildman–Crippen MR) is 125 cm³/mol. The molecular weight excluding hydrogens is 479 g/mol. The number of carbonyl (C=O) groups excluding carboxylic acids is 1. The van der Waals surface area contributed by atoms with Gasteiger partial charge in [-0.1, -0.05) is 13.8 Å². The van der Waals surface area contributed by atoms with Gasteiger partial charge >= 0.3 is 6.18 Å². The summed E-state index contributed by atoms with van der Waals surface area (Å²) in [7, 11) is 0. The lowest BCUT2D eigenvalue weighted by molar-refractivity contribution is -0.138. The first-order valence-electron chi connectivity index (χ1n) is 11.5. The lowest BCUT2D eigenvalue weighted by Gasteiger charge is -2.35. The zero-order valence-corrected chi connectivity index (χ0v) is 20.0. The average Bonchev–Trinajstić information content (AvgIpc) is 2.85. The standard InChI is InChI=1S/C23H28F3N7O3/c1-15(2)18(30-17-13-29-31-22(35)21(17)23(24,25)26)14-36-10-5-20(34)33-8-6-32(7-9-33)19-4-3-16(11-27)12-28-19/h3-4,12-13,15,18H,5-10,14H2,1-2H3,(H2,30,31,35). The number of piperazine rings is 1. The van der Waals surface area contributed by atoms with Crippen molar-refractivity contribution in [3.05, 3.63) is 46.0 Å². The smallest absolute Gasteiger partial charge is 0.379 e. The van der Waals surface area contributed by atoms with Crippen molar-refractivity contribution in [1.82, 2.24) is 20.1 Å². The van der Waals surface area contributed by atoms with Crippen LogP contribution in [0.15, 0.2) is 29.3 Å². The van der Waals surface area contributed by atoms with Gasteiger partial charge in [0.2, 0.25) is 5.91 Å². The van der Waals surface area contributed by atoms with Crippen molar-refractivity contribution in [3.8, 4) is 6.07 Å². The fourth-order valence-corrected chi connectivity index (χ4v) is 3.74. The van der Waals surface area contributed by atoms with Crippen LogP contribution in [0.1, 0.15) is 31.4 Å². The quantitative estimate of drug-likeness (QED) is 0.495. The van der Waals surface area contributed by atoms with Crippen molar-refractivity contribution in [2.75, 3.05) is 49.6 Å². The van der Waals surface area contributed by atoms with Gasteiger partial charge in [0, 0.05) is 32.4 Å². The van der Waals surface area contributed by atoms with Gasteiger partial charge in [0.15, 0.2) is 0 Å². The van der Waals surface area contributed by atoms with E-state index in [1.54, 1.807) is 22.1 Å². The van der Waals surface area contributed by atoms with Crippen molar-refractivity contribution in [2.24, 2.45) is 5.92 Å². The van der Waals surface area contributed by atoms with E-state index in [0.717, 1.165) is 12.0 Å². The van der Waals surface area contributed by atoms with E-state index >= 15 is 0 Å². The SMILES string of the molecule is CC(C)C(COCCC(=O)N1CCN(c2ccc(C#N)cn2)CC1)Nc1cn[nH]c(=O)c1C(F)(F)F. The van der Waals surface area contributed by atoms with E-state index in [1.165, 1.54) is 6.20 Å². The summed E-state index contributed by atoms with van der Waals surface area (Å²) in [6.07, 6.45) is -2.26. The molecule has 13 heteroatoms. The Kier molecular flexibility index (Phi) is 8.87. The molecule has 36 heavy (non-hydrogen) atoms. The fraction of sp³-hybridized carbons (Fsp3) is 0.522. The Bertz CT molecular complexity index is 1120. The number of anilines is 2. The summed E-state index contributed by atoms with van der Waals surface area (Å²) in [5.41, 5.74) is -2.60. The largest absolute Gasteiger partial charge is 0.423 e. The molecule has 1 fully saturated rings. The molecule has 0 aromatic carbocycles. The van der Waals surface area contributed by atoms with E-state index in [4.69, 9.17) is 10.00 Å². The Labute approximate surface area is 206 Å². The van der Waals surface area contributed by atoms with Crippen LogP contribution in [0.4, 0.5) is 24.7 Å². The zero-order chi connectivity index (χ0) is 26.3. The summed E-state index contributed by atoms with van der Waals surface area (Å²) in [5, 5.41) is 16.9. The van der Waals surface area contributed by atoms with Gasteiger partial charge in [0.05, 0.1) is 43.1 Å². The number of hydrogen-bond donors (Lipinski definition) is 2. The molecule has 0 spiro atoms. The molecule has 0 bridgehead atoms. The first-order chi connectivity index (χ1) is 17.1. The van der Waals surface area contributed by atoms with Crippen LogP contribution in [0.5, 0.6) is 0 Å². The number of hydrogen-bond acceptors (Lipinski definition) is 8. The second-order valence-corrected chi connectivity index (χ2v) is 8.69. The first kappa shape index (κ1) is 26.9. The second-order valence-electron chi connectivity index (χ2n) is 8.69. The molecule has 1 saturated heterocycles. The molecule has 2 aromatic heterocycles. The van der Waals surface area contributed by atoms with Crippen LogP contribution in [0, 0.1) is 17.2 Å². The van der Waals surface area contributed by atoms with Crippen LogP contribution in [-0.4, -0.2) is 71.4 Å². The number of carbonyl (C=O) groups is 1. The van der Waals surface area contributed by atoms with Crippen molar-refractivity contribution >= 4 is 17.4 Å². The summed E-state index contributed by atoms with van der Waals surface area (Å²) in [4.78, 5) is 32.3. The number of aromatic nitrogens is 3. The zero-order valence-electron chi connectivity index (χ0n) is 20.0. The third kappa shape index (κ3) is 6.94. The van der Waals surface area contributed by atoms with Gasteiger partial charge in [0.25, 0.3) is 5.56 Å². The van der Waals surface area contributed by atoms with E-state index in [0.29, 0.717) is 31.7 Å². The lowest BCUT2D eigenvalue weighted by atomic mass is 10.0. The fourth-order valence-electron chi connectivity index (χ4n) is 3.74. The molecule has 1 amide bonds. The monoisotopic (exact) mass is 507 g/mol. The van der Waals surface area contributed by atoms with Gasteiger partial charge in [-0.3, -0.25) is 9.59 Å². The Hall–Kier alpha value is -3.66. The summed E-state index contributed by atoms with van der Waals surface area (Å²) in [6, 6.07) is 4.97.